The summed E-state index contributed by atoms with van der Waals surface area (Å²) < 4.78 is 12.6. The van der Waals surface area contributed by atoms with E-state index in [4.69, 9.17) is 19.7 Å². The van der Waals surface area contributed by atoms with Crippen molar-refractivity contribution in [3.63, 3.8) is 0 Å². The Morgan fingerprint density at radius 1 is 0.439 bits per heavy atom. The van der Waals surface area contributed by atoms with Gasteiger partial charge in [-0.3, -0.25) is 0 Å². The smallest absolute Gasteiger partial charge is 0.119 e. The van der Waals surface area contributed by atoms with E-state index in [-0.39, 0.29) is 13.2 Å². The Morgan fingerprint density at radius 3 is 1.32 bits per heavy atom. The zero-order valence-electron chi connectivity index (χ0n) is 23.8. The lowest BCUT2D eigenvalue weighted by Crippen LogP contribution is -2.26. The summed E-state index contributed by atoms with van der Waals surface area (Å²) in [5.41, 5.74) is 9.78. The van der Waals surface area contributed by atoms with Crippen molar-refractivity contribution in [2.75, 3.05) is 26.4 Å². The molecule has 0 unspecified atom stereocenters. The average Bonchev–Trinajstić information content (AvgIpc) is 3.47. The van der Waals surface area contributed by atoms with Gasteiger partial charge >= 0.3 is 0 Å². The lowest BCUT2D eigenvalue weighted by atomic mass is 9.70. The van der Waals surface area contributed by atoms with Gasteiger partial charge in [-0.15, -0.1) is 0 Å². The minimum Gasteiger partial charge on any atom is -0.494 e. The van der Waals surface area contributed by atoms with Crippen LogP contribution in [0.4, 0.5) is 0 Å². The Labute approximate surface area is 243 Å². The Hall–Kier alpha value is -3.60. The lowest BCUT2D eigenvalue weighted by molar-refractivity contribution is 0.273. The fraction of sp³-hybridized carbons (Fsp3) is 0.351. The molecule has 212 valence electrons. The summed E-state index contributed by atoms with van der Waals surface area (Å²) in [5.74, 6) is 1.80. The molecule has 0 saturated heterocycles. The summed E-state index contributed by atoms with van der Waals surface area (Å²) in [6.45, 7) is 1.87. The van der Waals surface area contributed by atoms with Crippen LogP contribution in [0.15, 0.2) is 84.9 Å². The minimum atomic E-state index is -0.432. The molecule has 4 nitrogen and oxygen atoms in total. The summed E-state index contributed by atoms with van der Waals surface area (Å²) in [5, 5.41) is 18.1. The summed E-state index contributed by atoms with van der Waals surface area (Å²) in [6, 6.07) is 30.9. The first-order chi connectivity index (χ1) is 20.3. The molecular weight excluding hydrogens is 508 g/mol. The maximum atomic E-state index is 9.06. The summed E-state index contributed by atoms with van der Waals surface area (Å²) >= 11 is 0. The van der Waals surface area contributed by atoms with Gasteiger partial charge in [0.1, 0.15) is 11.5 Å². The molecule has 1 spiro atoms. The van der Waals surface area contributed by atoms with E-state index in [2.05, 4.69) is 84.9 Å². The molecule has 0 radical (unpaired) electrons. The van der Waals surface area contributed by atoms with Crippen molar-refractivity contribution in [1.82, 2.24) is 0 Å². The zero-order valence-corrected chi connectivity index (χ0v) is 23.8. The average molecular weight is 549 g/mol. The number of ether oxygens (including phenoxy) is 2. The van der Waals surface area contributed by atoms with Crippen LogP contribution >= 0.6 is 0 Å². The predicted molar refractivity (Wildman–Crippen MR) is 165 cm³/mol. The van der Waals surface area contributed by atoms with Crippen LogP contribution in [0.1, 0.15) is 73.6 Å². The highest BCUT2D eigenvalue weighted by atomic mass is 16.5. The molecule has 2 aliphatic carbocycles. The Balaban J connectivity index is 1.39. The summed E-state index contributed by atoms with van der Waals surface area (Å²) in [4.78, 5) is 0. The molecule has 0 heterocycles. The number of unbranched alkanes of at least 4 members (excludes halogenated alkanes) is 6. The molecule has 4 aromatic carbocycles. The normalized spacial score (nSPS) is 13.5. The molecule has 0 aromatic heterocycles. The van der Waals surface area contributed by atoms with Crippen LogP contribution < -0.4 is 9.47 Å². The number of hydrogen-bond acceptors (Lipinski definition) is 4. The van der Waals surface area contributed by atoms with Gasteiger partial charge in [0, 0.05) is 13.2 Å². The predicted octanol–water partition coefficient (Wildman–Crippen LogP) is 7.89. The number of aliphatic hydroxyl groups is 2. The summed E-state index contributed by atoms with van der Waals surface area (Å²) in [6.07, 6.45) is 7.86. The fourth-order valence-electron chi connectivity index (χ4n) is 6.79. The quantitative estimate of drug-likeness (QED) is 0.136. The third kappa shape index (κ3) is 5.05. The Bertz CT molecular complexity index is 1380. The van der Waals surface area contributed by atoms with Crippen LogP contribution in [0, 0.1) is 0 Å². The SMILES string of the molecule is OCCCCCCOc1ccc2c(c1)C1(c3ccccc3-2)c2ccccc2-c2ccc(OCCCCCCO)cc21. The van der Waals surface area contributed by atoms with Gasteiger partial charge in [-0.2, -0.15) is 0 Å². The zero-order chi connectivity index (χ0) is 28.1. The van der Waals surface area contributed by atoms with Crippen molar-refractivity contribution in [2.45, 2.75) is 56.8 Å². The molecular formula is C37H40O4. The van der Waals surface area contributed by atoms with E-state index < -0.39 is 5.41 Å². The molecule has 4 heteroatoms. The van der Waals surface area contributed by atoms with Gasteiger partial charge in [-0.1, -0.05) is 73.5 Å². The molecule has 0 atom stereocenters. The second kappa shape index (κ2) is 12.5. The van der Waals surface area contributed by atoms with E-state index in [1.807, 2.05) is 0 Å². The monoisotopic (exact) mass is 548 g/mol. The third-order valence-electron chi connectivity index (χ3n) is 8.67. The molecule has 41 heavy (non-hydrogen) atoms. The first kappa shape index (κ1) is 27.6. The third-order valence-corrected chi connectivity index (χ3v) is 8.67. The van der Waals surface area contributed by atoms with E-state index in [1.165, 1.54) is 44.5 Å². The molecule has 0 aliphatic heterocycles. The maximum absolute atomic E-state index is 9.06. The number of rotatable bonds is 14. The van der Waals surface area contributed by atoms with Gasteiger partial charge in [0.25, 0.3) is 0 Å². The van der Waals surface area contributed by atoms with Crippen molar-refractivity contribution < 1.29 is 19.7 Å². The van der Waals surface area contributed by atoms with E-state index in [0.29, 0.717) is 13.2 Å². The molecule has 2 aliphatic rings. The standard InChI is InChI=1S/C37H40O4/c38-21-9-1-3-11-23-40-27-17-19-31-29-13-5-7-15-33(29)37(35(31)25-27)34-16-8-6-14-30(34)32-20-18-28(26-36(32)37)41-24-12-4-2-10-22-39/h5-8,13-20,25-26,38-39H,1-4,9-12,21-24H2. The molecule has 4 aromatic rings. The maximum Gasteiger partial charge on any atom is 0.119 e. The van der Waals surface area contributed by atoms with Gasteiger partial charge in [-0.25, -0.2) is 0 Å². The van der Waals surface area contributed by atoms with Crippen molar-refractivity contribution in [3.05, 3.63) is 107 Å². The van der Waals surface area contributed by atoms with Crippen LogP contribution in [0.2, 0.25) is 0 Å². The summed E-state index contributed by atoms with van der Waals surface area (Å²) in [7, 11) is 0. The van der Waals surface area contributed by atoms with Crippen LogP contribution in [-0.4, -0.2) is 36.6 Å². The van der Waals surface area contributed by atoms with Gasteiger partial charge in [0.2, 0.25) is 0 Å². The molecule has 0 saturated carbocycles. The molecule has 6 rings (SSSR count). The van der Waals surface area contributed by atoms with Crippen molar-refractivity contribution >= 4 is 0 Å². The first-order valence-corrected chi connectivity index (χ1v) is 15.2. The highest BCUT2D eigenvalue weighted by Crippen LogP contribution is 2.63. The van der Waals surface area contributed by atoms with Crippen molar-refractivity contribution in [1.29, 1.82) is 0 Å². The van der Waals surface area contributed by atoms with E-state index >= 15 is 0 Å². The van der Waals surface area contributed by atoms with Crippen LogP contribution in [0.25, 0.3) is 22.3 Å². The second-order valence-electron chi connectivity index (χ2n) is 11.2. The van der Waals surface area contributed by atoms with Gasteiger partial charge in [0.05, 0.1) is 18.6 Å². The number of fused-ring (bicyclic) bond motifs is 10. The number of aliphatic hydroxyl groups excluding tert-OH is 2. The molecule has 2 N–H and O–H groups in total. The fourth-order valence-corrected chi connectivity index (χ4v) is 6.79. The van der Waals surface area contributed by atoms with Crippen LogP contribution in [-0.2, 0) is 5.41 Å². The van der Waals surface area contributed by atoms with Crippen LogP contribution in [0.5, 0.6) is 11.5 Å². The van der Waals surface area contributed by atoms with Crippen molar-refractivity contribution in [2.24, 2.45) is 0 Å². The molecule has 0 amide bonds. The largest absolute Gasteiger partial charge is 0.494 e. The Morgan fingerprint density at radius 2 is 0.854 bits per heavy atom. The van der Waals surface area contributed by atoms with E-state index in [0.717, 1.165) is 62.9 Å². The highest BCUT2D eigenvalue weighted by molar-refractivity contribution is 5.95. The van der Waals surface area contributed by atoms with Crippen molar-refractivity contribution in [3.8, 4) is 33.8 Å². The van der Waals surface area contributed by atoms with E-state index in [9.17, 15) is 0 Å². The lowest BCUT2D eigenvalue weighted by Gasteiger charge is -2.30. The highest BCUT2D eigenvalue weighted by Gasteiger charge is 2.51. The second-order valence-corrected chi connectivity index (χ2v) is 11.2. The molecule has 0 bridgehead atoms. The number of benzene rings is 4. The minimum absolute atomic E-state index is 0.259. The first-order valence-electron chi connectivity index (χ1n) is 15.2. The Kier molecular flexibility index (Phi) is 8.41. The number of hydrogen-bond donors (Lipinski definition) is 2. The van der Waals surface area contributed by atoms with Gasteiger partial charge in [0.15, 0.2) is 0 Å². The van der Waals surface area contributed by atoms with Gasteiger partial charge < -0.3 is 19.7 Å². The van der Waals surface area contributed by atoms with Crippen LogP contribution in [0.3, 0.4) is 0 Å². The topological polar surface area (TPSA) is 58.9 Å². The van der Waals surface area contributed by atoms with Gasteiger partial charge in [-0.05, 0) is 107 Å². The molecule has 0 fully saturated rings. The van der Waals surface area contributed by atoms with E-state index in [1.54, 1.807) is 0 Å².